The maximum absolute atomic E-state index is 12.9. The lowest BCUT2D eigenvalue weighted by atomic mass is 10.2. The van der Waals surface area contributed by atoms with E-state index in [0.717, 1.165) is 4.68 Å². The lowest BCUT2D eigenvalue weighted by molar-refractivity contribution is -0.144. The third-order valence-corrected chi connectivity index (χ3v) is 2.90. The second kappa shape index (κ2) is 6.38. The van der Waals surface area contributed by atoms with Crippen LogP contribution >= 0.6 is 12.4 Å². The standard InChI is InChI=1S/C12H16F3N5.ClH/c1-8(2)20-7-10(6-18-20)16-4-9-5-17-19(3)11(9)12(13,14)15;/h5-8,16H,4H2,1-3H3;1H. The highest BCUT2D eigenvalue weighted by Gasteiger charge is 2.37. The molecule has 118 valence electrons. The lowest BCUT2D eigenvalue weighted by Crippen LogP contribution is -2.15. The SMILES string of the molecule is CC(C)n1cc(NCc2cnn(C)c2C(F)(F)F)cn1.Cl. The van der Waals surface area contributed by atoms with Gasteiger partial charge in [0.15, 0.2) is 0 Å². The van der Waals surface area contributed by atoms with Crippen LogP contribution in [-0.2, 0) is 19.8 Å². The van der Waals surface area contributed by atoms with Gasteiger partial charge in [0.1, 0.15) is 5.69 Å². The monoisotopic (exact) mass is 323 g/mol. The number of halogens is 4. The van der Waals surface area contributed by atoms with Gasteiger partial charge < -0.3 is 5.32 Å². The van der Waals surface area contributed by atoms with Gasteiger partial charge in [-0.05, 0) is 13.8 Å². The van der Waals surface area contributed by atoms with Gasteiger partial charge >= 0.3 is 6.18 Å². The number of aryl methyl sites for hydroxylation is 1. The molecule has 21 heavy (non-hydrogen) atoms. The summed E-state index contributed by atoms with van der Waals surface area (Å²) in [7, 11) is 1.28. The van der Waals surface area contributed by atoms with E-state index in [4.69, 9.17) is 0 Å². The summed E-state index contributed by atoms with van der Waals surface area (Å²) in [5, 5.41) is 10.7. The number of aromatic nitrogens is 4. The number of hydrogen-bond donors (Lipinski definition) is 1. The van der Waals surface area contributed by atoms with Crippen molar-refractivity contribution in [1.82, 2.24) is 19.6 Å². The molecule has 0 aliphatic rings. The molecule has 9 heteroatoms. The van der Waals surface area contributed by atoms with Gasteiger partial charge in [0, 0.05) is 31.4 Å². The Bertz CT molecular complexity index is 588. The zero-order chi connectivity index (χ0) is 14.9. The second-order valence-corrected chi connectivity index (χ2v) is 4.80. The largest absolute Gasteiger partial charge is 0.433 e. The smallest absolute Gasteiger partial charge is 0.378 e. The van der Waals surface area contributed by atoms with Crippen LogP contribution in [0.1, 0.15) is 31.1 Å². The predicted molar refractivity (Wildman–Crippen MR) is 75.4 cm³/mol. The highest BCUT2D eigenvalue weighted by Crippen LogP contribution is 2.31. The highest BCUT2D eigenvalue weighted by molar-refractivity contribution is 5.85. The maximum Gasteiger partial charge on any atom is 0.433 e. The summed E-state index contributed by atoms with van der Waals surface area (Å²) in [4.78, 5) is 0. The van der Waals surface area contributed by atoms with Crippen molar-refractivity contribution in [3.63, 3.8) is 0 Å². The van der Waals surface area contributed by atoms with Crippen molar-refractivity contribution < 1.29 is 13.2 Å². The van der Waals surface area contributed by atoms with Crippen molar-refractivity contribution in [1.29, 1.82) is 0 Å². The molecule has 0 bridgehead atoms. The number of anilines is 1. The predicted octanol–water partition coefficient (Wildman–Crippen LogP) is 3.25. The Balaban J connectivity index is 0.00000220. The van der Waals surface area contributed by atoms with Gasteiger partial charge in [-0.3, -0.25) is 9.36 Å². The fourth-order valence-electron chi connectivity index (χ4n) is 1.89. The summed E-state index contributed by atoms with van der Waals surface area (Å²) in [5.74, 6) is 0. The summed E-state index contributed by atoms with van der Waals surface area (Å²) in [6.45, 7) is 3.99. The van der Waals surface area contributed by atoms with Crippen LogP contribution in [0.3, 0.4) is 0 Å². The van der Waals surface area contributed by atoms with E-state index in [1.807, 2.05) is 13.8 Å². The topological polar surface area (TPSA) is 47.7 Å². The van der Waals surface area contributed by atoms with E-state index >= 15 is 0 Å². The molecule has 0 fully saturated rings. The minimum absolute atomic E-state index is 0. The molecule has 0 aliphatic carbocycles. The van der Waals surface area contributed by atoms with Crippen LogP contribution in [0.4, 0.5) is 18.9 Å². The highest BCUT2D eigenvalue weighted by atomic mass is 35.5. The zero-order valence-corrected chi connectivity index (χ0v) is 12.7. The van der Waals surface area contributed by atoms with E-state index in [9.17, 15) is 13.2 Å². The van der Waals surface area contributed by atoms with Crippen LogP contribution in [0.5, 0.6) is 0 Å². The first-order valence-corrected chi connectivity index (χ1v) is 6.15. The van der Waals surface area contributed by atoms with Crippen LogP contribution < -0.4 is 5.32 Å². The number of nitrogens with zero attached hydrogens (tertiary/aromatic N) is 4. The third kappa shape index (κ3) is 3.90. The first-order valence-electron chi connectivity index (χ1n) is 6.15. The summed E-state index contributed by atoms with van der Waals surface area (Å²) < 4.78 is 41.2. The summed E-state index contributed by atoms with van der Waals surface area (Å²) in [6, 6.07) is 0.203. The molecule has 1 N–H and O–H groups in total. The zero-order valence-electron chi connectivity index (χ0n) is 11.8. The van der Waals surface area contributed by atoms with Gasteiger partial charge in [-0.25, -0.2) is 0 Å². The average molecular weight is 324 g/mol. The number of hydrogen-bond acceptors (Lipinski definition) is 3. The molecule has 2 heterocycles. The van der Waals surface area contributed by atoms with Gasteiger partial charge in [-0.1, -0.05) is 0 Å². The summed E-state index contributed by atoms with van der Waals surface area (Å²) in [5.41, 5.74) is 0.0502. The van der Waals surface area contributed by atoms with Gasteiger partial charge in [-0.15, -0.1) is 12.4 Å². The number of alkyl halides is 3. The van der Waals surface area contributed by atoms with Gasteiger partial charge in [0.2, 0.25) is 0 Å². The van der Waals surface area contributed by atoms with Crippen LogP contribution in [-0.4, -0.2) is 19.6 Å². The normalized spacial score (nSPS) is 11.6. The van der Waals surface area contributed by atoms with Crippen molar-refractivity contribution in [3.05, 3.63) is 29.8 Å². The van der Waals surface area contributed by atoms with E-state index in [2.05, 4.69) is 15.5 Å². The van der Waals surface area contributed by atoms with Crippen LogP contribution in [0, 0.1) is 0 Å². The van der Waals surface area contributed by atoms with Crippen LogP contribution in [0.15, 0.2) is 18.6 Å². The third-order valence-electron chi connectivity index (χ3n) is 2.90. The Kier molecular flexibility index (Phi) is 5.27. The minimum atomic E-state index is -4.41. The molecule has 0 aromatic carbocycles. The minimum Gasteiger partial charge on any atom is -0.378 e. The quantitative estimate of drug-likeness (QED) is 0.939. The molecule has 0 aliphatic heterocycles. The molecule has 0 radical (unpaired) electrons. The molecule has 0 unspecified atom stereocenters. The van der Waals surface area contributed by atoms with E-state index in [1.165, 1.54) is 13.2 Å². The lowest BCUT2D eigenvalue weighted by Gasteiger charge is -2.10. The van der Waals surface area contributed by atoms with Crippen molar-refractivity contribution >= 4 is 18.1 Å². The molecule has 0 atom stereocenters. The molecule has 2 rings (SSSR count). The summed E-state index contributed by atoms with van der Waals surface area (Å²) >= 11 is 0. The maximum atomic E-state index is 12.9. The number of rotatable bonds is 4. The Morgan fingerprint density at radius 3 is 2.43 bits per heavy atom. The van der Waals surface area contributed by atoms with Crippen LogP contribution in [0.25, 0.3) is 0 Å². The molecule has 5 nitrogen and oxygen atoms in total. The fourth-order valence-corrected chi connectivity index (χ4v) is 1.89. The van der Waals surface area contributed by atoms with E-state index in [1.54, 1.807) is 17.1 Å². The molecule has 0 amide bonds. The molecule has 2 aromatic heterocycles. The first-order chi connectivity index (χ1) is 9.29. The number of nitrogens with one attached hydrogen (secondary N) is 1. The Labute approximate surface area is 126 Å². The average Bonchev–Trinajstić information content (AvgIpc) is 2.91. The molecule has 0 saturated heterocycles. The van der Waals surface area contributed by atoms with Gasteiger partial charge in [0.05, 0.1) is 18.1 Å². The van der Waals surface area contributed by atoms with Gasteiger partial charge in [0.25, 0.3) is 0 Å². The molecule has 0 saturated carbocycles. The first kappa shape index (κ1) is 17.4. The molecule has 2 aromatic rings. The van der Waals surface area contributed by atoms with Crippen molar-refractivity contribution in [2.24, 2.45) is 7.05 Å². The van der Waals surface area contributed by atoms with E-state index in [0.29, 0.717) is 5.69 Å². The van der Waals surface area contributed by atoms with Gasteiger partial charge in [-0.2, -0.15) is 23.4 Å². The molecular weight excluding hydrogens is 307 g/mol. The molecular formula is C12H17ClF3N5. The Morgan fingerprint density at radius 1 is 1.24 bits per heavy atom. The molecule has 0 spiro atoms. The fraction of sp³-hybridized carbons (Fsp3) is 0.500. The van der Waals surface area contributed by atoms with Crippen LogP contribution in [0.2, 0.25) is 0 Å². The van der Waals surface area contributed by atoms with Crippen molar-refractivity contribution in [3.8, 4) is 0 Å². The Hall–Kier alpha value is -1.70. The van der Waals surface area contributed by atoms with E-state index in [-0.39, 0.29) is 30.6 Å². The Morgan fingerprint density at radius 2 is 1.90 bits per heavy atom. The van der Waals surface area contributed by atoms with Crippen molar-refractivity contribution in [2.45, 2.75) is 32.6 Å². The summed E-state index contributed by atoms with van der Waals surface area (Å²) in [6.07, 6.45) is 0.158. The van der Waals surface area contributed by atoms with E-state index < -0.39 is 11.9 Å². The second-order valence-electron chi connectivity index (χ2n) is 4.80. The van der Waals surface area contributed by atoms with Crippen molar-refractivity contribution in [2.75, 3.05) is 5.32 Å².